The number of likely N-dealkylation sites (N-methyl/N-ethyl adjacent to an activating group) is 1. The van der Waals surface area contributed by atoms with Crippen molar-refractivity contribution in [2.45, 2.75) is 13.0 Å². The maximum absolute atomic E-state index is 6.14. The molecule has 1 unspecified atom stereocenters. The molecule has 2 aromatic rings. The van der Waals surface area contributed by atoms with Crippen molar-refractivity contribution in [3.8, 4) is 0 Å². The van der Waals surface area contributed by atoms with Crippen molar-refractivity contribution < 1.29 is 0 Å². The number of halogens is 1. The summed E-state index contributed by atoms with van der Waals surface area (Å²) in [4.78, 5) is 2.18. The third kappa shape index (κ3) is 4.93. The van der Waals surface area contributed by atoms with Gasteiger partial charge in [0.15, 0.2) is 5.11 Å². The molecule has 23 heavy (non-hydrogen) atoms. The highest BCUT2D eigenvalue weighted by Crippen LogP contribution is 2.23. The zero-order valence-electron chi connectivity index (χ0n) is 13.6. The fourth-order valence-corrected chi connectivity index (χ4v) is 2.74. The number of hydrogen-bond acceptors (Lipinski definition) is 2. The quantitative estimate of drug-likeness (QED) is 0.791. The maximum atomic E-state index is 6.14. The topological polar surface area (TPSA) is 27.3 Å². The minimum atomic E-state index is 0.247. The van der Waals surface area contributed by atoms with Gasteiger partial charge in [-0.25, -0.2) is 0 Å². The lowest BCUT2D eigenvalue weighted by Crippen LogP contribution is -2.36. The van der Waals surface area contributed by atoms with Crippen LogP contribution in [0.3, 0.4) is 0 Å². The van der Waals surface area contributed by atoms with E-state index in [4.69, 9.17) is 23.8 Å². The van der Waals surface area contributed by atoms with Crippen LogP contribution in [0.4, 0.5) is 5.69 Å². The minimum absolute atomic E-state index is 0.247. The SMILES string of the molecule is Cc1c(Cl)cccc1NC(=S)NCC(c1ccccc1)N(C)C. The van der Waals surface area contributed by atoms with E-state index in [9.17, 15) is 0 Å². The summed E-state index contributed by atoms with van der Waals surface area (Å²) in [5.74, 6) is 0. The van der Waals surface area contributed by atoms with Gasteiger partial charge in [0, 0.05) is 17.3 Å². The Morgan fingerprint density at radius 2 is 1.83 bits per heavy atom. The number of hydrogen-bond donors (Lipinski definition) is 2. The molecule has 2 N–H and O–H groups in total. The molecule has 0 aliphatic carbocycles. The molecule has 0 aliphatic heterocycles. The van der Waals surface area contributed by atoms with Crippen LogP contribution in [0.2, 0.25) is 5.02 Å². The third-order valence-corrected chi connectivity index (χ3v) is 4.44. The summed E-state index contributed by atoms with van der Waals surface area (Å²) < 4.78 is 0. The van der Waals surface area contributed by atoms with Crippen molar-refractivity contribution in [2.24, 2.45) is 0 Å². The van der Waals surface area contributed by atoms with E-state index in [2.05, 4.69) is 53.9 Å². The normalized spacial score (nSPS) is 12.0. The number of thiocarbonyl (C=S) groups is 1. The van der Waals surface area contributed by atoms with Gasteiger partial charge in [-0.3, -0.25) is 0 Å². The summed E-state index contributed by atoms with van der Waals surface area (Å²) in [5.41, 5.74) is 3.17. The van der Waals surface area contributed by atoms with Crippen molar-refractivity contribution in [3.63, 3.8) is 0 Å². The Balaban J connectivity index is 1.98. The van der Waals surface area contributed by atoms with Gasteiger partial charge in [0.1, 0.15) is 0 Å². The zero-order chi connectivity index (χ0) is 16.8. The molecule has 2 rings (SSSR count). The van der Waals surface area contributed by atoms with E-state index in [0.29, 0.717) is 5.11 Å². The molecule has 0 saturated heterocycles. The molecule has 0 saturated carbocycles. The van der Waals surface area contributed by atoms with Gasteiger partial charge in [0.25, 0.3) is 0 Å². The maximum Gasteiger partial charge on any atom is 0.170 e. The molecular weight excluding hydrogens is 326 g/mol. The van der Waals surface area contributed by atoms with E-state index in [1.54, 1.807) is 0 Å². The van der Waals surface area contributed by atoms with Gasteiger partial charge in [-0.15, -0.1) is 0 Å². The smallest absolute Gasteiger partial charge is 0.170 e. The van der Waals surface area contributed by atoms with Gasteiger partial charge in [-0.2, -0.15) is 0 Å². The molecule has 5 heteroatoms. The fraction of sp³-hybridized carbons (Fsp3) is 0.278. The van der Waals surface area contributed by atoms with Crippen LogP contribution in [-0.4, -0.2) is 30.7 Å². The molecule has 1 atom stereocenters. The monoisotopic (exact) mass is 347 g/mol. The fourth-order valence-electron chi connectivity index (χ4n) is 2.37. The first-order chi connectivity index (χ1) is 11.0. The van der Waals surface area contributed by atoms with E-state index in [1.807, 2.05) is 31.2 Å². The standard InChI is InChI=1S/C18H22ClN3S/c1-13-15(19)10-7-11-16(13)21-18(23)20-12-17(22(2)3)14-8-5-4-6-9-14/h4-11,17H,12H2,1-3H3,(H2,20,21,23). The molecule has 0 aliphatic rings. The molecule has 0 fully saturated rings. The molecule has 0 spiro atoms. The summed E-state index contributed by atoms with van der Waals surface area (Å²) in [6.07, 6.45) is 0. The summed E-state index contributed by atoms with van der Waals surface area (Å²) >= 11 is 11.5. The van der Waals surface area contributed by atoms with Crippen LogP contribution in [0.15, 0.2) is 48.5 Å². The van der Waals surface area contributed by atoms with Crippen LogP contribution in [0.1, 0.15) is 17.2 Å². The van der Waals surface area contributed by atoms with Gasteiger partial charge in [-0.1, -0.05) is 48.0 Å². The molecule has 122 valence electrons. The largest absolute Gasteiger partial charge is 0.361 e. The number of benzene rings is 2. The van der Waals surface area contributed by atoms with Crippen molar-refractivity contribution >= 4 is 34.6 Å². The van der Waals surface area contributed by atoms with Gasteiger partial charge < -0.3 is 15.5 Å². The van der Waals surface area contributed by atoms with E-state index in [-0.39, 0.29) is 6.04 Å². The predicted octanol–water partition coefficient (Wildman–Crippen LogP) is 4.24. The van der Waals surface area contributed by atoms with E-state index in [0.717, 1.165) is 22.8 Å². The molecule has 0 heterocycles. The third-order valence-electron chi connectivity index (χ3n) is 3.78. The van der Waals surface area contributed by atoms with Crippen LogP contribution < -0.4 is 10.6 Å². The summed E-state index contributed by atoms with van der Waals surface area (Å²) in [6.45, 7) is 2.70. The second-order valence-corrected chi connectivity index (χ2v) is 6.45. The van der Waals surface area contributed by atoms with Gasteiger partial charge in [0.2, 0.25) is 0 Å². The minimum Gasteiger partial charge on any atom is -0.361 e. The van der Waals surface area contributed by atoms with Crippen LogP contribution in [0.25, 0.3) is 0 Å². The highest BCUT2D eigenvalue weighted by Gasteiger charge is 2.14. The Labute approximate surface area is 148 Å². The lowest BCUT2D eigenvalue weighted by molar-refractivity contribution is 0.299. The molecule has 0 aromatic heterocycles. The second-order valence-electron chi connectivity index (χ2n) is 5.64. The van der Waals surface area contributed by atoms with Crippen LogP contribution >= 0.6 is 23.8 Å². The highest BCUT2D eigenvalue weighted by atomic mass is 35.5. The Kier molecular flexibility index (Phi) is 6.39. The molecule has 0 bridgehead atoms. The average molecular weight is 348 g/mol. The first kappa shape index (κ1) is 17.7. The Morgan fingerprint density at radius 3 is 2.48 bits per heavy atom. The Hall–Kier alpha value is -1.62. The first-order valence-corrected chi connectivity index (χ1v) is 8.29. The van der Waals surface area contributed by atoms with Gasteiger partial charge >= 0.3 is 0 Å². The lowest BCUT2D eigenvalue weighted by Gasteiger charge is -2.26. The van der Waals surface area contributed by atoms with Crippen LogP contribution in [0.5, 0.6) is 0 Å². The van der Waals surface area contributed by atoms with Crippen LogP contribution in [-0.2, 0) is 0 Å². The Bertz CT molecular complexity index is 659. The second kappa shape index (κ2) is 8.29. The van der Waals surface area contributed by atoms with Gasteiger partial charge in [0.05, 0.1) is 6.04 Å². The molecule has 0 radical (unpaired) electrons. The molecular formula is C18H22ClN3S. The van der Waals surface area contributed by atoms with E-state index >= 15 is 0 Å². The molecule has 3 nitrogen and oxygen atoms in total. The van der Waals surface area contributed by atoms with E-state index in [1.165, 1.54) is 5.56 Å². The van der Waals surface area contributed by atoms with E-state index < -0.39 is 0 Å². The number of anilines is 1. The summed E-state index contributed by atoms with van der Waals surface area (Å²) in [6, 6.07) is 16.4. The summed E-state index contributed by atoms with van der Waals surface area (Å²) in [7, 11) is 4.13. The zero-order valence-corrected chi connectivity index (χ0v) is 15.2. The number of nitrogens with zero attached hydrogens (tertiary/aromatic N) is 1. The van der Waals surface area contributed by atoms with Crippen molar-refractivity contribution in [1.82, 2.24) is 10.2 Å². The highest BCUT2D eigenvalue weighted by molar-refractivity contribution is 7.80. The Morgan fingerprint density at radius 1 is 1.13 bits per heavy atom. The van der Waals surface area contributed by atoms with Crippen molar-refractivity contribution in [3.05, 3.63) is 64.7 Å². The summed E-state index contributed by atoms with van der Waals surface area (Å²) in [5, 5.41) is 7.83. The first-order valence-electron chi connectivity index (χ1n) is 7.50. The number of rotatable bonds is 5. The average Bonchev–Trinajstić information content (AvgIpc) is 2.53. The lowest BCUT2D eigenvalue weighted by atomic mass is 10.1. The van der Waals surface area contributed by atoms with Crippen LogP contribution in [0, 0.1) is 6.92 Å². The molecule has 0 amide bonds. The predicted molar refractivity (Wildman–Crippen MR) is 103 cm³/mol. The number of nitrogens with one attached hydrogen (secondary N) is 2. The van der Waals surface area contributed by atoms with Gasteiger partial charge in [-0.05, 0) is 56.5 Å². The van der Waals surface area contributed by atoms with Crippen molar-refractivity contribution in [2.75, 3.05) is 26.0 Å². The molecule has 2 aromatic carbocycles. The van der Waals surface area contributed by atoms with Crippen molar-refractivity contribution in [1.29, 1.82) is 0 Å².